The fourth-order valence-electron chi connectivity index (χ4n) is 3.25. The van der Waals surface area contributed by atoms with Crippen LogP contribution in [-0.2, 0) is 16.2 Å². The van der Waals surface area contributed by atoms with Crippen molar-refractivity contribution in [2.75, 3.05) is 4.90 Å². The molecule has 6 nitrogen and oxygen atoms in total. The van der Waals surface area contributed by atoms with Crippen LogP contribution >= 0.6 is 39.1 Å². The highest BCUT2D eigenvalue weighted by Gasteiger charge is 2.37. The Kier molecular flexibility index (Phi) is 7.07. The summed E-state index contributed by atoms with van der Waals surface area (Å²) in [7, 11) is 0. The van der Waals surface area contributed by atoms with Gasteiger partial charge < -0.3 is 4.74 Å². The lowest BCUT2D eigenvalue weighted by Crippen LogP contribution is -2.54. The van der Waals surface area contributed by atoms with E-state index in [0.717, 1.165) is 10.5 Å². The molecule has 0 aliphatic carbocycles. The summed E-state index contributed by atoms with van der Waals surface area (Å²) in [6.45, 7) is 2.41. The highest BCUT2D eigenvalue weighted by molar-refractivity contribution is 9.10. The quantitative estimate of drug-likeness (QED) is 0.293. The van der Waals surface area contributed by atoms with E-state index in [1.165, 1.54) is 29.8 Å². The molecule has 1 aliphatic heterocycles. The lowest BCUT2D eigenvalue weighted by atomic mass is 10.1. The second-order valence-electron chi connectivity index (χ2n) is 7.52. The van der Waals surface area contributed by atoms with Crippen molar-refractivity contribution in [2.24, 2.45) is 0 Å². The number of hydrogen-bond acceptors (Lipinski definition) is 4. The van der Waals surface area contributed by atoms with Gasteiger partial charge in [0.1, 0.15) is 17.9 Å². The zero-order chi connectivity index (χ0) is 24.4. The van der Waals surface area contributed by atoms with Crippen molar-refractivity contribution in [2.45, 2.75) is 13.5 Å². The summed E-state index contributed by atoms with van der Waals surface area (Å²) in [5.41, 5.74) is 2.75. The molecule has 9 heteroatoms. The maximum Gasteiger partial charge on any atom is 0.335 e. The predicted octanol–water partition coefficient (Wildman–Crippen LogP) is 6.31. The molecule has 172 valence electrons. The Balaban J connectivity index is 1.56. The van der Waals surface area contributed by atoms with Crippen LogP contribution in [0, 0.1) is 6.92 Å². The van der Waals surface area contributed by atoms with Crippen LogP contribution in [0.5, 0.6) is 5.75 Å². The molecule has 0 saturated carbocycles. The fourth-order valence-corrected chi connectivity index (χ4v) is 4.06. The number of anilines is 1. The third-order valence-corrected chi connectivity index (χ3v) is 6.40. The van der Waals surface area contributed by atoms with Gasteiger partial charge in [0.2, 0.25) is 0 Å². The highest BCUT2D eigenvalue weighted by Crippen LogP contribution is 2.31. The first-order valence-electron chi connectivity index (χ1n) is 10.1. The maximum absolute atomic E-state index is 13.0. The van der Waals surface area contributed by atoms with Crippen molar-refractivity contribution in [3.8, 4) is 5.75 Å². The van der Waals surface area contributed by atoms with Gasteiger partial charge in [-0.15, -0.1) is 0 Å². The molecule has 3 aromatic carbocycles. The Hall–Kier alpha value is -3.13. The van der Waals surface area contributed by atoms with Gasteiger partial charge in [0.15, 0.2) is 0 Å². The summed E-state index contributed by atoms with van der Waals surface area (Å²) < 4.78 is 6.52. The minimum atomic E-state index is -0.869. The number of ether oxygens (including phenoxy) is 1. The molecule has 34 heavy (non-hydrogen) atoms. The number of nitrogens with zero attached hydrogens (tertiary/aromatic N) is 1. The Labute approximate surface area is 214 Å². The number of aryl methyl sites for hydroxylation is 1. The van der Waals surface area contributed by atoms with Gasteiger partial charge >= 0.3 is 6.03 Å². The number of carbonyl (C=O) groups is 3. The lowest BCUT2D eigenvalue weighted by Gasteiger charge is -2.26. The van der Waals surface area contributed by atoms with E-state index in [9.17, 15) is 14.4 Å². The second kappa shape index (κ2) is 10.0. The first-order chi connectivity index (χ1) is 16.2. The summed E-state index contributed by atoms with van der Waals surface area (Å²) in [5.74, 6) is -0.958. The number of nitrogens with one attached hydrogen (secondary N) is 1. The van der Waals surface area contributed by atoms with Crippen molar-refractivity contribution in [1.29, 1.82) is 0 Å². The van der Waals surface area contributed by atoms with E-state index in [2.05, 4.69) is 21.2 Å². The molecular weight excluding hydrogens is 543 g/mol. The SMILES string of the molecule is Cc1ccc(COc2ccc(/C=C3\C(=O)NC(=O)N(c4ccc(Cl)c(Cl)c4)C3=O)cc2Br)cc1. The van der Waals surface area contributed by atoms with E-state index in [1.807, 2.05) is 31.2 Å². The molecule has 3 aromatic rings. The van der Waals surface area contributed by atoms with E-state index in [0.29, 0.717) is 22.4 Å². The average molecular weight is 560 g/mol. The van der Waals surface area contributed by atoms with E-state index >= 15 is 0 Å². The number of rotatable bonds is 5. The zero-order valence-corrected chi connectivity index (χ0v) is 20.9. The molecule has 0 aromatic heterocycles. The standard InChI is InChI=1S/C25H17BrCl2N2O4/c1-14-2-4-15(5-3-14)13-34-22-9-6-16(11-19(22)26)10-18-23(31)29-25(33)30(24(18)32)17-7-8-20(27)21(28)12-17/h2-12H,13H2,1H3,(H,29,31,33)/b18-10+. The van der Waals surface area contributed by atoms with Gasteiger partial charge in [-0.2, -0.15) is 0 Å². The van der Waals surface area contributed by atoms with E-state index < -0.39 is 17.8 Å². The summed E-state index contributed by atoms with van der Waals surface area (Å²) >= 11 is 15.4. The summed E-state index contributed by atoms with van der Waals surface area (Å²) in [6, 6.07) is 16.6. The van der Waals surface area contributed by atoms with Crippen LogP contribution in [0.3, 0.4) is 0 Å². The van der Waals surface area contributed by atoms with Crippen LogP contribution < -0.4 is 15.0 Å². The smallest absolute Gasteiger partial charge is 0.335 e. The largest absolute Gasteiger partial charge is 0.488 e. The molecule has 0 atom stereocenters. The minimum Gasteiger partial charge on any atom is -0.488 e. The van der Waals surface area contributed by atoms with Crippen LogP contribution in [0.15, 0.2) is 70.7 Å². The van der Waals surface area contributed by atoms with Crippen LogP contribution in [0.25, 0.3) is 6.08 Å². The number of benzene rings is 3. The monoisotopic (exact) mass is 558 g/mol. The number of barbiturate groups is 1. The number of carbonyl (C=O) groups excluding carboxylic acids is 3. The molecule has 0 bridgehead atoms. The molecule has 1 fully saturated rings. The highest BCUT2D eigenvalue weighted by atomic mass is 79.9. The summed E-state index contributed by atoms with van der Waals surface area (Å²) in [4.78, 5) is 38.7. The zero-order valence-electron chi connectivity index (χ0n) is 17.8. The van der Waals surface area contributed by atoms with Crippen LogP contribution in [0.4, 0.5) is 10.5 Å². The normalized spacial score (nSPS) is 15.0. The first-order valence-corrected chi connectivity index (χ1v) is 11.6. The number of urea groups is 1. The predicted molar refractivity (Wildman–Crippen MR) is 135 cm³/mol. The van der Waals surface area contributed by atoms with E-state index in [-0.39, 0.29) is 21.3 Å². The second-order valence-corrected chi connectivity index (χ2v) is 9.19. The van der Waals surface area contributed by atoms with Gasteiger partial charge in [0.05, 0.1) is 20.2 Å². The van der Waals surface area contributed by atoms with Crippen molar-refractivity contribution < 1.29 is 19.1 Å². The van der Waals surface area contributed by atoms with Crippen LogP contribution in [0.1, 0.15) is 16.7 Å². The number of hydrogen-bond donors (Lipinski definition) is 1. The molecule has 0 unspecified atom stereocenters. The molecule has 4 rings (SSSR count). The topological polar surface area (TPSA) is 75.7 Å². The first kappa shape index (κ1) is 24.0. The number of halogens is 3. The molecule has 0 radical (unpaired) electrons. The third kappa shape index (κ3) is 5.17. The molecule has 4 amide bonds. The van der Waals surface area contributed by atoms with Gasteiger partial charge in [0.25, 0.3) is 11.8 Å². The van der Waals surface area contributed by atoms with Gasteiger partial charge in [-0.25, -0.2) is 9.69 Å². The van der Waals surface area contributed by atoms with Crippen molar-refractivity contribution >= 4 is 68.7 Å². The van der Waals surface area contributed by atoms with Gasteiger partial charge in [0, 0.05) is 0 Å². The fraction of sp³-hybridized carbons (Fsp3) is 0.0800. The number of imide groups is 2. The van der Waals surface area contributed by atoms with Crippen molar-refractivity contribution in [1.82, 2.24) is 5.32 Å². The lowest BCUT2D eigenvalue weighted by molar-refractivity contribution is -0.122. The Morgan fingerprint density at radius 1 is 0.971 bits per heavy atom. The van der Waals surface area contributed by atoms with E-state index in [1.54, 1.807) is 18.2 Å². The Morgan fingerprint density at radius 2 is 1.71 bits per heavy atom. The van der Waals surface area contributed by atoms with E-state index in [4.69, 9.17) is 27.9 Å². The average Bonchev–Trinajstić information content (AvgIpc) is 2.79. The molecular formula is C25H17BrCl2N2O4. The molecule has 0 spiro atoms. The summed E-state index contributed by atoms with van der Waals surface area (Å²) in [5, 5.41) is 2.63. The molecule has 1 heterocycles. The van der Waals surface area contributed by atoms with Gasteiger partial charge in [-0.3, -0.25) is 14.9 Å². The maximum atomic E-state index is 13.0. The third-order valence-electron chi connectivity index (χ3n) is 5.04. The minimum absolute atomic E-state index is 0.173. The summed E-state index contributed by atoms with van der Waals surface area (Å²) in [6.07, 6.45) is 1.41. The molecule has 1 N–H and O–H groups in total. The van der Waals surface area contributed by atoms with Gasteiger partial charge in [-0.05, 0) is 70.4 Å². The van der Waals surface area contributed by atoms with Gasteiger partial charge in [-0.1, -0.05) is 59.1 Å². The van der Waals surface area contributed by atoms with Crippen molar-refractivity contribution in [3.05, 3.63) is 97.4 Å². The van der Waals surface area contributed by atoms with Crippen LogP contribution in [-0.4, -0.2) is 17.8 Å². The molecule has 1 saturated heterocycles. The number of amides is 4. The van der Waals surface area contributed by atoms with Crippen molar-refractivity contribution in [3.63, 3.8) is 0 Å². The Bertz CT molecular complexity index is 1340. The van der Waals surface area contributed by atoms with Crippen LogP contribution in [0.2, 0.25) is 10.0 Å². The molecule has 1 aliphatic rings. The Morgan fingerprint density at radius 3 is 2.38 bits per heavy atom.